The van der Waals surface area contributed by atoms with Gasteiger partial charge in [-0.1, -0.05) is 0 Å². The number of guanidine groups is 1. The molecule has 7 nitrogen and oxygen atoms in total. The second-order valence-electron chi connectivity index (χ2n) is 7.60. The van der Waals surface area contributed by atoms with Crippen LogP contribution in [0.5, 0.6) is 0 Å². The summed E-state index contributed by atoms with van der Waals surface area (Å²) in [7, 11) is 1.77. The van der Waals surface area contributed by atoms with Crippen molar-refractivity contribution in [1.82, 2.24) is 20.9 Å². The second-order valence-corrected chi connectivity index (χ2v) is 8.60. The summed E-state index contributed by atoms with van der Waals surface area (Å²) >= 11 is 1.87. The van der Waals surface area contributed by atoms with E-state index < -0.39 is 5.60 Å². The first-order valence-electron chi connectivity index (χ1n) is 9.56. The van der Waals surface area contributed by atoms with Gasteiger partial charge < -0.3 is 20.7 Å². The van der Waals surface area contributed by atoms with Gasteiger partial charge in [-0.15, -0.1) is 35.3 Å². The van der Waals surface area contributed by atoms with E-state index in [9.17, 15) is 4.79 Å². The number of fused-ring (bicyclic) bond motifs is 1. The summed E-state index contributed by atoms with van der Waals surface area (Å²) in [6.07, 6.45) is 1.58. The summed E-state index contributed by atoms with van der Waals surface area (Å²) in [5.74, 6) is 0.792. The van der Waals surface area contributed by atoms with Gasteiger partial charge in [0.15, 0.2) is 5.96 Å². The van der Waals surface area contributed by atoms with Crippen molar-refractivity contribution in [3.63, 3.8) is 0 Å². The maximum Gasteiger partial charge on any atom is 0.407 e. The molecule has 0 unspecified atom stereocenters. The van der Waals surface area contributed by atoms with Crippen molar-refractivity contribution in [3.8, 4) is 0 Å². The van der Waals surface area contributed by atoms with Crippen LogP contribution < -0.4 is 16.0 Å². The highest BCUT2D eigenvalue weighted by Crippen LogP contribution is 2.23. The number of nitrogens with one attached hydrogen (secondary N) is 3. The van der Waals surface area contributed by atoms with Crippen molar-refractivity contribution in [2.45, 2.75) is 45.8 Å². The normalized spacial score (nSPS) is 14.6. The van der Waals surface area contributed by atoms with E-state index >= 15 is 0 Å². The van der Waals surface area contributed by atoms with Gasteiger partial charge in [0, 0.05) is 51.2 Å². The van der Waals surface area contributed by atoms with Gasteiger partial charge in [0.05, 0.1) is 0 Å². The summed E-state index contributed by atoms with van der Waals surface area (Å²) in [6.45, 7) is 10.9. The number of rotatable bonds is 7. The SMILES string of the molecule is CN=C(NCCCNC(=O)OC(C)(C)C)NCCN1CCc2sccc2C1.I. The Balaban J connectivity index is 0.00000392. The van der Waals surface area contributed by atoms with Crippen LogP contribution in [0.3, 0.4) is 0 Å². The molecule has 0 spiro atoms. The van der Waals surface area contributed by atoms with E-state index in [1.165, 1.54) is 10.4 Å². The summed E-state index contributed by atoms with van der Waals surface area (Å²) in [5, 5.41) is 11.6. The third-order valence-electron chi connectivity index (χ3n) is 4.15. The van der Waals surface area contributed by atoms with Gasteiger partial charge in [0.2, 0.25) is 0 Å². The van der Waals surface area contributed by atoms with E-state index in [1.807, 2.05) is 32.1 Å². The maximum atomic E-state index is 11.6. The van der Waals surface area contributed by atoms with Crippen LogP contribution in [0.1, 0.15) is 37.6 Å². The number of carbonyl (C=O) groups is 1. The first-order chi connectivity index (χ1) is 12.9. The van der Waals surface area contributed by atoms with Crippen LogP contribution in [0.25, 0.3) is 0 Å². The fraction of sp³-hybridized carbons (Fsp3) is 0.684. The minimum atomic E-state index is -0.465. The topological polar surface area (TPSA) is 78.0 Å². The van der Waals surface area contributed by atoms with Gasteiger partial charge in [-0.25, -0.2) is 4.79 Å². The number of thiophene rings is 1. The monoisotopic (exact) mass is 523 g/mol. The van der Waals surface area contributed by atoms with Crippen molar-refractivity contribution >= 4 is 47.4 Å². The van der Waals surface area contributed by atoms with Crippen LogP contribution >= 0.6 is 35.3 Å². The molecule has 160 valence electrons. The van der Waals surface area contributed by atoms with E-state index in [0.717, 1.165) is 51.5 Å². The van der Waals surface area contributed by atoms with E-state index in [4.69, 9.17) is 4.74 Å². The smallest absolute Gasteiger partial charge is 0.407 e. The molecule has 1 aliphatic heterocycles. The Labute approximate surface area is 189 Å². The van der Waals surface area contributed by atoms with E-state index in [0.29, 0.717) is 6.54 Å². The Kier molecular flexibility index (Phi) is 11.1. The lowest BCUT2D eigenvalue weighted by Crippen LogP contribution is -2.43. The average Bonchev–Trinajstić information content (AvgIpc) is 3.06. The zero-order valence-corrected chi connectivity index (χ0v) is 20.5. The minimum absolute atomic E-state index is 0. The molecular formula is C19H34IN5O2S. The zero-order valence-electron chi connectivity index (χ0n) is 17.3. The van der Waals surface area contributed by atoms with Crippen molar-refractivity contribution in [3.05, 3.63) is 21.9 Å². The summed E-state index contributed by atoms with van der Waals surface area (Å²) in [5.41, 5.74) is 1.01. The van der Waals surface area contributed by atoms with E-state index in [1.54, 1.807) is 7.05 Å². The quantitative estimate of drug-likeness (QED) is 0.222. The lowest BCUT2D eigenvalue weighted by Gasteiger charge is -2.27. The molecule has 1 amide bonds. The van der Waals surface area contributed by atoms with Gasteiger partial charge in [-0.3, -0.25) is 9.89 Å². The molecule has 0 bridgehead atoms. The predicted molar refractivity (Wildman–Crippen MR) is 127 cm³/mol. The lowest BCUT2D eigenvalue weighted by molar-refractivity contribution is 0.0527. The Hall–Kier alpha value is -1.07. The lowest BCUT2D eigenvalue weighted by atomic mass is 10.1. The molecule has 1 aliphatic rings. The van der Waals surface area contributed by atoms with E-state index in [2.05, 4.69) is 37.3 Å². The maximum absolute atomic E-state index is 11.6. The van der Waals surface area contributed by atoms with Gasteiger partial charge in [0.1, 0.15) is 5.60 Å². The second kappa shape index (κ2) is 12.5. The molecule has 0 saturated carbocycles. The highest BCUT2D eigenvalue weighted by Gasteiger charge is 2.17. The summed E-state index contributed by atoms with van der Waals surface area (Å²) in [6, 6.07) is 2.24. The number of amides is 1. The predicted octanol–water partition coefficient (Wildman–Crippen LogP) is 2.80. The number of alkyl carbamates (subject to hydrolysis) is 1. The molecule has 28 heavy (non-hydrogen) atoms. The first-order valence-corrected chi connectivity index (χ1v) is 10.4. The largest absolute Gasteiger partial charge is 0.444 e. The molecule has 3 N–H and O–H groups in total. The number of nitrogens with zero attached hydrogens (tertiary/aromatic N) is 2. The fourth-order valence-electron chi connectivity index (χ4n) is 2.85. The van der Waals surface area contributed by atoms with Gasteiger partial charge in [-0.2, -0.15) is 0 Å². The standard InChI is InChI=1S/C19H33N5O2S.HI/c1-19(2,3)26-18(25)23-9-5-8-21-17(20-4)22-10-12-24-11-6-16-15(14-24)7-13-27-16;/h7,13H,5-6,8-12,14H2,1-4H3,(H,23,25)(H2,20,21,22);1H. The molecule has 1 aromatic heterocycles. The zero-order chi connectivity index (χ0) is 19.7. The molecule has 2 heterocycles. The van der Waals surface area contributed by atoms with Gasteiger partial charge in [0.25, 0.3) is 0 Å². The number of ether oxygens (including phenoxy) is 1. The Bertz CT molecular complexity index is 630. The number of halogens is 1. The summed E-state index contributed by atoms with van der Waals surface area (Å²) < 4.78 is 5.20. The Morgan fingerprint density at radius 3 is 2.68 bits per heavy atom. The number of aliphatic imine (C=N–C) groups is 1. The molecule has 0 fully saturated rings. The Morgan fingerprint density at radius 1 is 1.25 bits per heavy atom. The fourth-order valence-corrected chi connectivity index (χ4v) is 3.74. The van der Waals surface area contributed by atoms with Crippen LogP contribution in [0.4, 0.5) is 4.79 Å². The number of hydrogen-bond donors (Lipinski definition) is 3. The first kappa shape index (κ1) is 25.0. The molecular weight excluding hydrogens is 489 g/mol. The molecule has 0 aliphatic carbocycles. The number of carbonyl (C=O) groups excluding carboxylic acids is 1. The highest BCUT2D eigenvalue weighted by atomic mass is 127. The molecule has 1 aromatic rings. The molecule has 0 aromatic carbocycles. The van der Waals surface area contributed by atoms with Crippen molar-refractivity contribution in [1.29, 1.82) is 0 Å². The third kappa shape index (κ3) is 9.42. The molecule has 0 radical (unpaired) electrons. The van der Waals surface area contributed by atoms with Crippen LogP contribution in [0, 0.1) is 0 Å². The van der Waals surface area contributed by atoms with Crippen LogP contribution in [0.2, 0.25) is 0 Å². The third-order valence-corrected chi connectivity index (χ3v) is 5.17. The van der Waals surface area contributed by atoms with Crippen molar-refractivity contribution < 1.29 is 9.53 Å². The average molecular weight is 523 g/mol. The molecule has 2 rings (SSSR count). The van der Waals surface area contributed by atoms with Gasteiger partial charge >= 0.3 is 6.09 Å². The Morgan fingerprint density at radius 2 is 1.96 bits per heavy atom. The molecule has 9 heteroatoms. The van der Waals surface area contributed by atoms with Crippen molar-refractivity contribution in [2.75, 3.05) is 39.8 Å². The molecule has 0 saturated heterocycles. The van der Waals surface area contributed by atoms with Crippen LogP contribution in [-0.2, 0) is 17.7 Å². The van der Waals surface area contributed by atoms with Gasteiger partial charge in [-0.05, 0) is 50.6 Å². The van der Waals surface area contributed by atoms with Crippen LogP contribution in [-0.4, -0.2) is 62.3 Å². The van der Waals surface area contributed by atoms with Crippen LogP contribution in [0.15, 0.2) is 16.4 Å². The van der Waals surface area contributed by atoms with Crippen molar-refractivity contribution in [2.24, 2.45) is 4.99 Å². The highest BCUT2D eigenvalue weighted by molar-refractivity contribution is 14.0. The molecule has 0 atom stereocenters. The van der Waals surface area contributed by atoms with E-state index in [-0.39, 0.29) is 30.1 Å². The summed E-state index contributed by atoms with van der Waals surface area (Å²) in [4.78, 5) is 19.8. The minimum Gasteiger partial charge on any atom is -0.444 e. The number of hydrogen-bond acceptors (Lipinski definition) is 5.